The van der Waals surface area contributed by atoms with Crippen molar-refractivity contribution in [1.82, 2.24) is 5.48 Å². The van der Waals surface area contributed by atoms with E-state index in [1.807, 2.05) is 0 Å². The van der Waals surface area contributed by atoms with Gasteiger partial charge in [0.1, 0.15) is 12.4 Å². The van der Waals surface area contributed by atoms with E-state index in [0.717, 1.165) is 11.6 Å². The molecule has 7 nitrogen and oxygen atoms in total. The van der Waals surface area contributed by atoms with Gasteiger partial charge in [0, 0.05) is 10.6 Å². The zero-order valence-electron chi connectivity index (χ0n) is 18.0. The minimum atomic E-state index is -4.96. The first kappa shape index (κ1) is 26.7. The third-order valence-corrected chi connectivity index (χ3v) is 4.96. The second kappa shape index (κ2) is 11.6. The highest BCUT2D eigenvalue weighted by Gasteiger charge is 2.33. The van der Waals surface area contributed by atoms with Gasteiger partial charge in [-0.2, -0.15) is 5.48 Å². The number of carbonyl (C=O) groups is 1. The summed E-state index contributed by atoms with van der Waals surface area (Å²) in [5.41, 5.74) is 4.35. The van der Waals surface area contributed by atoms with Crippen molar-refractivity contribution < 1.29 is 37.1 Å². The van der Waals surface area contributed by atoms with Crippen LogP contribution < -0.4 is 10.2 Å². The molecule has 0 fully saturated rings. The standard InChI is InChI=1S/C21H21Cl2F3N2O5/c1-11-6-5-7-14(19(28-31-4)20(29)30-3)15(11)10-32-27-12(2)18-16(23)8-13(22)9-17(18)33-21(24,25)26/h5-9,19,28H,10H2,1-4H3/b27-12+. The summed E-state index contributed by atoms with van der Waals surface area (Å²) in [5.74, 6) is -1.21. The highest BCUT2D eigenvalue weighted by Crippen LogP contribution is 2.35. The van der Waals surface area contributed by atoms with E-state index in [-0.39, 0.29) is 27.9 Å². The summed E-state index contributed by atoms with van der Waals surface area (Å²) < 4.78 is 47.3. The summed E-state index contributed by atoms with van der Waals surface area (Å²) in [6, 6.07) is 6.52. The molecule has 0 aliphatic carbocycles. The minimum absolute atomic E-state index is 0.0191. The SMILES string of the molecule is CONC(C(=O)OC)c1cccc(C)c1CO/N=C(\C)c1c(Cl)cc(Cl)cc1OC(F)(F)F. The van der Waals surface area contributed by atoms with Gasteiger partial charge < -0.3 is 19.1 Å². The maximum Gasteiger partial charge on any atom is 0.573 e. The third-order valence-electron chi connectivity index (χ3n) is 4.45. The number of hydrogen-bond donors (Lipinski definition) is 1. The Bertz CT molecular complexity index is 1030. The summed E-state index contributed by atoms with van der Waals surface area (Å²) in [4.78, 5) is 22.5. The molecule has 0 aromatic heterocycles. The highest BCUT2D eigenvalue weighted by atomic mass is 35.5. The Kier molecular flexibility index (Phi) is 9.35. The van der Waals surface area contributed by atoms with E-state index in [1.54, 1.807) is 25.1 Å². The molecule has 0 aliphatic rings. The number of ether oxygens (including phenoxy) is 2. The molecule has 1 unspecified atom stereocenters. The molecule has 1 atom stereocenters. The molecule has 33 heavy (non-hydrogen) atoms. The second-order valence-corrected chi connectivity index (χ2v) is 7.52. The highest BCUT2D eigenvalue weighted by molar-refractivity contribution is 6.37. The number of oxime groups is 1. The molecule has 0 saturated heterocycles. The lowest BCUT2D eigenvalue weighted by Gasteiger charge is -2.20. The third kappa shape index (κ3) is 7.23. The van der Waals surface area contributed by atoms with Gasteiger partial charge in [0.05, 0.1) is 30.5 Å². The van der Waals surface area contributed by atoms with E-state index in [2.05, 4.69) is 15.4 Å². The van der Waals surface area contributed by atoms with Gasteiger partial charge in [-0.25, -0.2) is 4.79 Å². The van der Waals surface area contributed by atoms with Crippen LogP contribution in [0.25, 0.3) is 0 Å². The van der Waals surface area contributed by atoms with Crippen molar-refractivity contribution in [2.75, 3.05) is 14.2 Å². The van der Waals surface area contributed by atoms with Crippen molar-refractivity contribution >= 4 is 34.9 Å². The molecule has 12 heteroatoms. The van der Waals surface area contributed by atoms with Gasteiger partial charge in [-0.3, -0.25) is 0 Å². The van der Waals surface area contributed by atoms with E-state index in [4.69, 9.17) is 37.6 Å². The monoisotopic (exact) mass is 508 g/mol. The normalized spacial score (nSPS) is 12.9. The zero-order valence-corrected chi connectivity index (χ0v) is 19.6. The minimum Gasteiger partial charge on any atom is -0.468 e. The Morgan fingerprint density at radius 2 is 1.91 bits per heavy atom. The van der Waals surface area contributed by atoms with Crippen LogP contribution in [0, 0.1) is 6.92 Å². The largest absolute Gasteiger partial charge is 0.573 e. The van der Waals surface area contributed by atoms with Crippen molar-refractivity contribution in [3.63, 3.8) is 0 Å². The van der Waals surface area contributed by atoms with Crippen molar-refractivity contribution in [2.24, 2.45) is 5.16 Å². The Morgan fingerprint density at radius 3 is 2.52 bits per heavy atom. The van der Waals surface area contributed by atoms with Crippen molar-refractivity contribution in [1.29, 1.82) is 0 Å². The molecule has 2 rings (SSSR count). The van der Waals surface area contributed by atoms with E-state index in [9.17, 15) is 18.0 Å². The summed E-state index contributed by atoms with van der Waals surface area (Å²) in [7, 11) is 2.59. The van der Waals surface area contributed by atoms with Crippen molar-refractivity contribution in [2.45, 2.75) is 32.9 Å². The van der Waals surface area contributed by atoms with E-state index in [0.29, 0.717) is 11.1 Å². The second-order valence-electron chi connectivity index (χ2n) is 6.68. The number of nitrogens with zero attached hydrogens (tertiary/aromatic N) is 1. The Balaban J connectivity index is 2.36. The van der Waals surface area contributed by atoms with Crippen LogP contribution in [0.2, 0.25) is 10.0 Å². The number of rotatable bonds is 9. The fourth-order valence-electron chi connectivity index (χ4n) is 3.01. The summed E-state index contributed by atoms with van der Waals surface area (Å²) in [5, 5.41) is 3.76. The molecule has 2 aromatic carbocycles. The topological polar surface area (TPSA) is 78.4 Å². The van der Waals surface area contributed by atoms with Crippen molar-refractivity contribution in [3.8, 4) is 5.75 Å². The average molecular weight is 509 g/mol. The van der Waals surface area contributed by atoms with Gasteiger partial charge >= 0.3 is 12.3 Å². The molecule has 0 heterocycles. The molecular weight excluding hydrogens is 488 g/mol. The molecule has 0 saturated carbocycles. The van der Waals surface area contributed by atoms with Gasteiger partial charge in [-0.15, -0.1) is 13.2 Å². The Labute approximate surface area is 198 Å². The number of hydrogen-bond acceptors (Lipinski definition) is 7. The van der Waals surface area contributed by atoms with Crippen molar-refractivity contribution in [3.05, 3.63) is 62.6 Å². The van der Waals surface area contributed by atoms with Crippen LogP contribution in [0.3, 0.4) is 0 Å². The van der Waals surface area contributed by atoms with Gasteiger partial charge in [0.15, 0.2) is 6.04 Å². The summed E-state index contributed by atoms with van der Waals surface area (Å²) >= 11 is 11.9. The van der Waals surface area contributed by atoms with Gasteiger partial charge in [-0.05, 0) is 37.1 Å². The van der Waals surface area contributed by atoms with E-state index < -0.39 is 24.1 Å². The number of carbonyl (C=O) groups excluding carboxylic acids is 1. The quantitative estimate of drug-likeness (QED) is 0.273. The number of aryl methyl sites for hydroxylation is 1. The molecule has 0 bridgehead atoms. The van der Waals surface area contributed by atoms with Crippen LogP contribution in [0.5, 0.6) is 5.75 Å². The lowest BCUT2D eigenvalue weighted by atomic mass is 9.97. The Hall–Kier alpha value is -2.53. The van der Waals surface area contributed by atoms with Crippen LogP contribution in [-0.2, 0) is 25.8 Å². The zero-order chi connectivity index (χ0) is 24.8. The van der Waals surface area contributed by atoms with Gasteiger partial charge in [0.2, 0.25) is 0 Å². The van der Waals surface area contributed by atoms with Crippen LogP contribution in [-0.4, -0.2) is 32.3 Å². The number of alkyl halides is 3. The van der Waals surface area contributed by atoms with Crippen LogP contribution in [0.1, 0.15) is 35.2 Å². The van der Waals surface area contributed by atoms with Gasteiger partial charge in [-0.1, -0.05) is 46.6 Å². The lowest BCUT2D eigenvalue weighted by molar-refractivity contribution is -0.274. The smallest absolute Gasteiger partial charge is 0.468 e. The Morgan fingerprint density at radius 1 is 1.21 bits per heavy atom. The first-order valence-corrected chi connectivity index (χ1v) is 10.1. The van der Waals surface area contributed by atoms with E-state index in [1.165, 1.54) is 27.2 Å². The van der Waals surface area contributed by atoms with Crippen LogP contribution in [0.4, 0.5) is 13.2 Å². The molecule has 0 radical (unpaired) electrons. The first-order chi connectivity index (χ1) is 15.5. The first-order valence-electron chi connectivity index (χ1n) is 9.35. The summed E-state index contributed by atoms with van der Waals surface area (Å²) in [6.07, 6.45) is -4.96. The number of nitrogens with one attached hydrogen (secondary N) is 1. The molecular formula is C21H21Cl2F3N2O5. The molecule has 0 amide bonds. The van der Waals surface area contributed by atoms with Crippen LogP contribution in [0.15, 0.2) is 35.5 Å². The maximum absolute atomic E-state index is 12.8. The lowest BCUT2D eigenvalue weighted by Crippen LogP contribution is -2.30. The maximum atomic E-state index is 12.8. The predicted octanol–water partition coefficient (Wildman–Crippen LogP) is 5.51. The fraction of sp³-hybridized carbons (Fsp3) is 0.333. The number of esters is 1. The average Bonchev–Trinajstić information content (AvgIpc) is 2.71. The number of hydroxylamine groups is 1. The molecule has 2 aromatic rings. The number of benzene rings is 2. The summed E-state index contributed by atoms with van der Waals surface area (Å²) in [6.45, 7) is 3.09. The number of methoxy groups -OCH3 is 1. The van der Waals surface area contributed by atoms with Crippen LogP contribution >= 0.6 is 23.2 Å². The molecule has 180 valence electrons. The van der Waals surface area contributed by atoms with E-state index >= 15 is 0 Å². The molecule has 0 aliphatic heterocycles. The molecule has 1 N–H and O–H groups in total. The van der Waals surface area contributed by atoms with Gasteiger partial charge in [0.25, 0.3) is 0 Å². The number of halogens is 5. The predicted molar refractivity (Wildman–Crippen MR) is 116 cm³/mol. The fourth-order valence-corrected chi connectivity index (χ4v) is 3.62. The molecule has 0 spiro atoms.